The fourth-order valence-electron chi connectivity index (χ4n) is 2.75. The van der Waals surface area contributed by atoms with Crippen LogP contribution in [0.5, 0.6) is 0 Å². The van der Waals surface area contributed by atoms with Crippen molar-refractivity contribution in [1.29, 1.82) is 0 Å². The SMILES string of the molecule is C[C@@H](O)c1ccccc1N1CCC(N(C)C)CC1. The largest absolute Gasteiger partial charge is 0.389 e. The van der Waals surface area contributed by atoms with E-state index in [1.807, 2.05) is 19.1 Å². The van der Waals surface area contributed by atoms with Crippen LogP contribution in [-0.2, 0) is 0 Å². The molecule has 1 aliphatic heterocycles. The Morgan fingerprint density at radius 1 is 1.22 bits per heavy atom. The molecule has 2 rings (SSSR count). The van der Waals surface area contributed by atoms with Crippen LogP contribution < -0.4 is 4.90 Å². The van der Waals surface area contributed by atoms with Crippen LogP contribution in [0.1, 0.15) is 31.4 Å². The Hall–Kier alpha value is -1.06. The minimum Gasteiger partial charge on any atom is -0.389 e. The van der Waals surface area contributed by atoms with Gasteiger partial charge in [-0.25, -0.2) is 0 Å². The minimum atomic E-state index is -0.396. The Labute approximate surface area is 110 Å². The number of hydrogen-bond donors (Lipinski definition) is 1. The highest BCUT2D eigenvalue weighted by molar-refractivity contribution is 5.54. The van der Waals surface area contributed by atoms with Crippen molar-refractivity contribution in [2.45, 2.75) is 31.9 Å². The van der Waals surface area contributed by atoms with E-state index in [-0.39, 0.29) is 0 Å². The lowest BCUT2D eigenvalue weighted by molar-refractivity contribution is 0.199. The lowest BCUT2D eigenvalue weighted by Gasteiger charge is -2.37. The first-order chi connectivity index (χ1) is 8.59. The monoisotopic (exact) mass is 248 g/mol. The van der Waals surface area contributed by atoms with Gasteiger partial charge in [0.1, 0.15) is 0 Å². The molecule has 1 saturated heterocycles. The fourth-order valence-corrected chi connectivity index (χ4v) is 2.75. The molecule has 1 N–H and O–H groups in total. The Bertz CT molecular complexity index is 382. The van der Waals surface area contributed by atoms with E-state index in [2.05, 4.69) is 36.0 Å². The van der Waals surface area contributed by atoms with Gasteiger partial charge in [-0.1, -0.05) is 18.2 Å². The van der Waals surface area contributed by atoms with E-state index in [0.29, 0.717) is 6.04 Å². The maximum atomic E-state index is 9.84. The van der Waals surface area contributed by atoms with Gasteiger partial charge in [-0.2, -0.15) is 0 Å². The van der Waals surface area contributed by atoms with Crippen LogP contribution in [0.2, 0.25) is 0 Å². The molecule has 0 aromatic heterocycles. The average molecular weight is 248 g/mol. The van der Waals surface area contributed by atoms with Crippen molar-refractivity contribution in [1.82, 2.24) is 4.90 Å². The summed E-state index contributed by atoms with van der Waals surface area (Å²) in [6.07, 6.45) is 2.00. The maximum absolute atomic E-state index is 9.84. The van der Waals surface area contributed by atoms with Gasteiger partial charge >= 0.3 is 0 Å². The molecule has 100 valence electrons. The van der Waals surface area contributed by atoms with Crippen molar-refractivity contribution < 1.29 is 5.11 Å². The molecule has 1 fully saturated rings. The van der Waals surface area contributed by atoms with Gasteiger partial charge < -0.3 is 14.9 Å². The zero-order chi connectivity index (χ0) is 13.1. The summed E-state index contributed by atoms with van der Waals surface area (Å²) in [5.41, 5.74) is 2.24. The molecule has 1 aliphatic rings. The summed E-state index contributed by atoms with van der Waals surface area (Å²) in [7, 11) is 4.31. The molecule has 1 atom stereocenters. The van der Waals surface area contributed by atoms with Gasteiger partial charge in [0.15, 0.2) is 0 Å². The summed E-state index contributed by atoms with van der Waals surface area (Å²) in [6.45, 7) is 3.99. The Balaban J connectivity index is 2.10. The van der Waals surface area contributed by atoms with Gasteiger partial charge in [0, 0.05) is 30.4 Å². The van der Waals surface area contributed by atoms with Crippen LogP contribution in [0.15, 0.2) is 24.3 Å². The third kappa shape index (κ3) is 2.85. The molecular formula is C15H24N2O. The van der Waals surface area contributed by atoms with Crippen molar-refractivity contribution in [3.63, 3.8) is 0 Å². The summed E-state index contributed by atoms with van der Waals surface area (Å²) >= 11 is 0. The van der Waals surface area contributed by atoms with E-state index in [1.165, 1.54) is 18.5 Å². The molecule has 0 radical (unpaired) electrons. The van der Waals surface area contributed by atoms with E-state index in [0.717, 1.165) is 18.7 Å². The van der Waals surface area contributed by atoms with Gasteiger partial charge in [-0.15, -0.1) is 0 Å². The van der Waals surface area contributed by atoms with Gasteiger partial charge in [-0.05, 0) is 39.9 Å². The summed E-state index contributed by atoms with van der Waals surface area (Å²) < 4.78 is 0. The van der Waals surface area contributed by atoms with Gasteiger partial charge in [-0.3, -0.25) is 0 Å². The molecule has 0 bridgehead atoms. The van der Waals surface area contributed by atoms with Crippen LogP contribution in [0.25, 0.3) is 0 Å². The highest BCUT2D eigenvalue weighted by atomic mass is 16.3. The number of benzene rings is 1. The number of hydrogen-bond acceptors (Lipinski definition) is 3. The number of nitrogens with zero attached hydrogens (tertiary/aromatic N) is 2. The van der Waals surface area contributed by atoms with Crippen LogP contribution in [-0.4, -0.2) is 43.2 Å². The molecule has 0 unspecified atom stereocenters. The summed E-state index contributed by atoms with van der Waals surface area (Å²) in [4.78, 5) is 4.72. The number of anilines is 1. The zero-order valence-corrected chi connectivity index (χ0v) is 11.6. The molecule has 0 spiro atoms. The Morgan fingerprint density at radius 2 is 1.83 bits per heavy atom. The second-order valence-electron chi connectivity index (χ2n) is 5.42. The number of aliphatic hydroxyl groups excluding tert-OH is 1. The summed E-state index contributed by atoms with van der Waals surface area (Å²) in [6, 6.07) is 8.90. The van der Waals surface area contributed by atoms with Crippen molar-refractivity contribution >= 4 is 5.69 Å². The van der Waals surface area contributed by atoms with E-state index in [1.54, 1.807) is 0 Å². The number of para-hydroxylation sites is 1. The van der Waals surface area contributed by atoms with Crippen molar-refractivity contribution in [3.05, 3.63) is 29.8 Å². The van der Waals surface area contributed by atoms with Crippen molar-refractivity contribution in [2.24, 2.45) is 0 Å². The molecule has 0 aliphatic carbocycles. The second kappa shape index (κ2) is 5.72. The Morgan fingerprint density at radius 3 is 2.39 bits per heavy atom. The molecule has 3 nitrogen and oxygen atoms in total. The lowest BCUT2D eigenvalue weighted by Crippen LogP contribution is -2.42. The Kier molecular flexibility index (Phi) is 4.25. The third-order valence-electron chi connectivity index (χ3n) is 3.92. The van der Waals surface area contributed by atoms with E-state index in [9.17, 15) is 5.11 Å². The van der Waals surface area contributed by atoms with Crippen LogP contribution in [0, 0.1) is 0 Å². The predicted octanol–water partition coefficient (Wildman–Crippen LogP) is 2.27. The van der Waals surface area contributed by atoms with Gasteiger partial charge in [0.05, 0.1) is 6.10 Å². The quantitative estimate of drug-likeness (QED) is 0.889. The van der Waals surface area contributed by atoms with Gasteiger partial charge in [0.2, 0.25) is 0 Å². The summed E-state index contributed by atoms with van der Waals surface area (Å²) in [5, 5.41) is 9.84. The van der Waals surface area contributed by atoms with Crippen LogP contribution in [0.4, 0.5) is 5.69 Å². The molecule has 18 heavy (non-hydrogen) atoms. The molecule has 0 saturated carbocycles. The molecule has 1 heterocycles. The maximum Gasteiger partial charge on any atom is 0.0781 e. The average Bonchev–Trinajstić information content (AvgIpc) is 2.39. The number of rotatable bonds is 3. The molecule has 0 amide bonds. The minimum absolute atomic E-state index is 0.396. The zero-order valence-electron chi connectivity index (χ0n) is 11.6. The molecule has 1 aromatic carbocycles. The molecule has 1 aromatic rings. The van der Waals surface area contributed by atoms with Gasteiger partial charge in [0.25, 0.3) is 0 Å². The highest BCUT2D eigenvalue weighted by Gasteiger charge is 2.22. The van der Waals surface area contributed by atoms with Crippen LogP contribution >= 0.6 is 0 Å². The molecule has 3 heteroatoms. The van der Waals surface area contributed by atoms with Crippen LogP contribution in [0.3, 0.4) is 0 Å². The fraction of sp³-hybridized carbons (Fsp3) is 0.600. The highest BCUT2D eigenvalue weighted by Crippen LogP contribution is 2.29. The standard InChI is InChI=1S/C15H24N2O/c1-12(18)14-6-4-5-7-15(14)17-10-8-13(9-11-17)16(2)3/h4-7,12-13,18H,8-11H2,1-3H3/t12-/m1/s1. The van der Waals surface area contributed by atoms with Crippen molar-refractivity contribution in [2.75, 3.05) is 32.1 Å². The van der Waals surface area contributed by atoms with E-state index in [4.69, 9.17) is 0 Å². The third-order valence-corrected chi connectivity index (χ3v) is 3.92. The number of piperidine rings is 1. The first-order valence-corrected chi connectivity index (χ1v) is 6.78. The van der Waals surface area contributed by atoms with E-state index < -0.39 is 6.10 Å². The number of aliphatic hydroxyl groups is 1. The van der Waals surface area contributed by atoms with E-state index >= 15 is 0 Å². The smallest absolute Gasteiger partial charge is 0.0781 e. The predicted molar refractivity (Wildman–Crippen MR) is 76.0 cm³/mol. The first kappa shape index (κ1) is 13.4. The second-order valence-corrected chi connectivity index (χ2v) is 5.42. The first-order valence-electron chi connectivity index (χ1n) is 6.78. The summed E-state index contributed by atoms with van der Waals surface area (Å²) in [5.74, 6) is 0. The lowest BCUT2D eigenvalue weighted by atomic mass is 10.0. The molecular weight excluding hydrogens is 224 g/mol. The van der Waals surface area contributed by atoms with Crippen molar-refractivity contribution in [3.8, 4) is 0 Å². The normalized spacial score (nSPS) is 19.3. The topological polar surface area (TPSA) is 26.7 Å².